The molecule has 0 saturated heterocycles. The van der Waals surface area contributed by atoms with Gasteiger partial charge >= 0.3 is 6.18 Å². The van der Waals surface area contributed by atoms with Gasteiger partial charge in [0.25, 0.3) is 0 Å². The molecule has 0 spiro atoms. The van der Waals surface area contributed by atoms with E-state index in [1.54, 1.807) is 18.2 Å². The smallest absolute Gasteiger partial charge is 0.384 e. The minimum absolute atomic E-state index is 0.0809. The molecule has 2 N–H and O–H groups in total. The van der Waals surface area contributed by atoms with Crippen LogP contribution < -0.4 is 5.73 Å². The highest BCUT2D eigenvalue weighted by Gasteiger charge is 2.35. The van der Waals surface area contributed by atoms with Crippen LogP contribution in [0.15, 0.2) is 30.3 Å². The van der Waals surface area contributed by atoms with Crippen molar-refractivity contribution in [1.29, 1.82) is 0 Å². The SMILES string of the molecule is Nc1cc(-c2cccc(Cl)c2)nc(C(F)(F)F)n1. The minimum atomic E-state index is -4.64. The summed E-state index contributed by atoms with van der Waals surface area (Å²) in [5, 5.41) is 0.401. The van der Waals surface area contributed by atoms with Crippen LogP contribution in [0.25, 0.3) is 11.3 Å². The Balaban J connectivity index is 2.55. The number of nitrogens with two attached hydrogens (primary N) is 1. The molecule has 0 atom stereocenters. The van der Waals surface area contributed by atoms with E-state index in [0.717, 1.165) is 0 Å². The van der Waals surface area contributed by atoms with Gasteiger partial charge in [0.2, 0.25) is 5.82 Å². The Kier molecular flexibility index (Phi) is 3.13. The molecule has 2 aromatic rings. The molecule has 94 valence electrons. The van der Waals surface area contributed by atoms with Crippen LogP contribution in [0, 0.1) is 0 Å². The lowest BCUT2D eigenvalue weighted by atomic mass is 10.1. The number of nitrogen functional groups attached to an aromatic ring is 1. The van der Waals surface area contributed by atoms with Crippen LogP contribution in [0.1, 0.15) is 5.82 Å². The zero-order valence-corrected chi connectivity index (χ0v) is 9.63. The van der Waals surface area contributed by atoms with Gasteiger partial charge < -0.3 is 5.73 Å². The van der Waals surface area contributed by atoms with E-state index in [0.29, 0.717) is 10.6 Å². The summed E-state index contributed by atoms with van der Waals surface area (Å²) in [5.74, 6) is -1.51. The predicted octanol–water partition coefficient (Wildman–Crippen LogP) is 3.40. The molecule has 0 radical (unpaired) electrons. The van der Waals surface area contributed by atoms with E-state index < -0.39 is 12.0 Å². The Morgan fingerprint density at radius 3 is 2.44 bits per heavy atom. The fourth-order valence-electron chi connectivity index (χ4n) is 1.39. The highest BCUT2D eigenvalue weighted by atomic mass is 35.5. The number of halogens is 4. The summed E-state index contributed by atoms with van der Waals surface area (Å²) in [6.45, 7) is 0. The van der Waals surface area contributed by atoms with Crippen LogP contribution in [0.4, 0.5) is 19.0 Å². The third kappa shape index (κ3) is 2.70. The van der Waals surface area contributed by atoms with E-state index in [2.05, 4.69) is 9.97 Å². The maximum absolute atomic E-state index is 12.5. The number of rotatable bonds is 1. The summed E-state index contributed by atoms with van der Waals surface area (Å²) in [4.78, 5) is 6.60. The Morgan fingerprint density at radius 2 is 1.83 bits per heavy atom. The summed E-state index contributed by atoms with van der Waals surface area (Å²) < 4.78 is 37.6. The average molecular weight is 274 g/mol. The molecule has 2 rings (SSSR count). The van der Waals surface area contributed by atoms with Crippen molar-refractivity contribution in [2.45, 2.75) is 6.18 Å². The number of alkyl halides is 3. The quantitative estimate of drug-likeness (QED) is 0.866. The molecule has 0 fully saturated rings. The van der Waals surface area contributed by atoms with Gasteiger partial charge in [0.15, 0.2) is 0 Å². The van der Waals surface area contributed by atoms with E-state index in [-0.39, 0.29) is 11.5 Å². The van der Waals surface area contributed by atoms with Gasteiger partial charge in [0, 0.05) is 16.7 Å². The van der Waals surface area contributed by atoms with Crippen molar-refractivity contribution in [2.75, 3.05) is 5.73 Å². The highest BCUT2D eigenvalue weighted by Crippen LogP contribution is 2.29. The lowest BCUT2D eigenvalue weighted by Crippen LogP contribution is -2.13. The van der Waals surface area contributed by atoms with Gasteiger partial charge in [0.1, 0.15) is 5.82 Å². The normalized spacial score (nSPS) is 11.6. The molecular formula is C11H7ClF3N3. The van der Waals surface area contributed by atoms with E-state index >= 15 is 0 Å². The summed E-state index contributed by atoms with van der Waals surface area (Å²) in [6.07, 6.45) is -4.64. The first-order valence-corrected chi connectivity index (χ1v) is 5.22. The second-order valence-electron chi connectivity index (χ2n) is 3.51. The largest absolute Gasteiger partial charge is 0.451 e. The van der Waals surface area contributed by atoms with Crippen molar-refractivity contribution >= 4 is 17.4 Å². The van der Waals surface area contributed by atoms with E-state index in [1.165, 1.54) is 12.1 Å². The van der Waals surface area contributed by atoms with E-state index in [9.17, 15) is 13.2 Å². The van der Waals surface area contributed by atoms with Crippen molar-refractivity contribution in [3.63, 3.8) is 0 Å². The number of anilines is 1. The number of aromatic nitrogens is 2. The number of hydrogen-bond acceptors (Lipinski definition) is 3. The van der Waals surface area contributed by atoms with Gasteiger partial charge in [-0.15, -0.1) is 0 Å². The number of nitrogens with zero attached hydrogens (tertiary/aromatic N) is 2. The van der Waals surface area contributed by atoms with E-state index in [4.69, 9.17) is 17.3 Å². The molecule has 0 bridgehead atoms. The zero-order valence-electron chi connectivity index (χ0n) is 8.87. The van der Waals surface area contributed by atoms with Crippen LogP contribution in [0.3, 0.4) is 0 Å². The Bertz CT molecular complexity index is 584. The fourth-order valence-corrected chi connectivity index (χ4v) is 1.58. The first-order chi connectivity index (χ1) is 8.36. The van der Waals surface area contributed by atoms with Crippen molar-refractivity contribution in [3.05, 3.63) is 41.2 Å². The fraction of sp³-hybridized carbons (Fsp3) is 0.0909. The summed E-state index contributed by atoms with van der Waals surface area (Å²) in [5.41, 5.74) is 5.87. The molecule has 0 aliphatic heterocycles. The molecule has 0 aliphatic carbocycles. The second kappa shape index (κ2) is 4.45. The van der Waals surface area contributed by atoms with Crippen molar-refractivity contribution in [3.8, 4) is 11.3 Å². The van der Waals surface area contributed by atoms with Gasteiger partial charge in [-0.1, -0.05) is 23.7 Å². The van der Waals surface area contributed by atoms with Gasteiger partial charge in [-0.2, -0.15) is 13.2 Å². The van der Waals surface area contributed by atoms with Crippen molar-refractivity contribution < 1.29 is 13.2 Å². The summed E-state index contributed by atoms with van der Waals surface area (Å²) in [6, 6.07) is 7.59. The zero-order chi connectivity index (χ0) is 13.3. The maximum Gasteiger partial charge on any atom is 0.451 e. The molecule has 18 heavy (non-hydrogen) atoms. The second-order valence-corrected chi connectivity index (χ2v) is 3.95. The van der Waals surface area contributed by atoms with Crippen molar-refractivity contribution in [2.24, 2.45) is 0 Å². The third-order valence-corrected chi connectivity index (χ3v) is 2.35. The Labute approximate surface area is 105 Å². The molecule has 1 aromatic carbocycles. The lowest BCUT2D eigenvalue weighted by molar-refractivity contribution is -0.144. The summed E-state index contributed by atoms with van der Waals surface area (Å²) >= 11 is 5.77. The van der Waals surface area contributed by atoms with Gasteiger partial charge in [-0.3, -0.25) is 0 Å². The number of benzene rings is 1. The topological polar surface area (TPSA) is 51.8 Å². The standard InChI is InChI=1S/C11H7ClF3N3/c12-7-3-1-2-6(4-7)8-5-9(16)18-10(17-8)11(13,14)15/h1-5H,(H2,16,17,18). The maximum atomic E-state index is 12.5. The molecular weight excluding hydrogens is 267 g/mol. The number of hydrogen-bond donors (Lipinski definition) is 1. The van der Waals surface area contributed by atoms with Crippen LogP contribution in [-0.4, -0.2) is 9.97 Å². The molecule has 0 aliphatic rings. The highest BCUT2D eigenvalue weighted by molar-refractivity contribution is 6.30. The average Bonchev–Trinajstić information content (AvgIpc) is 2.27. The van der Waals surface area contributed by atoms with Crippen LogP contribution in [0.2, 0.25) is 5.02 Å². The van der Waals surface area contributed by atoms with Gasteiger partial charge in [0.05, 0.1) is 5.69 Å². The predicted molar refractivity (Wildman–Crippen MR) is 61.9 cm³/mol. The molecule has 0 amide bonds. The molecule has 0 saturated carbocycles. The molecule has 7 heteroatoms. The van der Waals surface area contributed by atoms with Gasteiger partial charge in [-0.05, 0) is 12.1 Å². The summed E-state index contributed by atoms with van der Waals surface area (Å²) in [7, 11) is 0. The first-order valence-electron chi connectivity index (χ1n) is 4.84. The minimum Gasteiger partial charge on any atom is -0.384 e. The van der Waals surface area contributed by atoms with E-state index in [1.807, 2.05) is 0 Å². The third-order valence-electron chi connectivity index (χ3n) is 2.12. The van der Waals surface area contributed by atoms with Gasteiger partial charge in [-0.25, -0.2) is 9.97 Å². The van der Waals surface area contributed by atoms with Crippen molar-refractivity contribution in [1.82, 2.24) is 9.97 Å². The monoisotopic (exact) mass is 273 g/mol. The Morgan fingerprint density at radius 1 is 1.11 bits per heavy atom. The lowest BCUT2D eigenvalue weighted by Gasteiger charge is -2.08. The van der Waals surface area contributed by atoms with Crippen LogP contribution in [0.5, 0.6) is 0 Å². The molecule has 1 aromatic heterocycles. The van der Waals surface area contributed by atoms with Crippen LogP contribution in [-0.2, 0) is 6.18 Å². The molecule has 0 unspecified atom stereocenters. The molecule has 1 heterocycles. The van der Waals surface area contributed by atoms with Crippen LogP contribution >= 0.6 is 11.6 Å². The molecule has 3 nitrogen and oxygen atoms in total. The Hall–Kier alpha value is -1.82. The first kappa shape index (κ1) is 12.6.